The maximum Gasteiger partial charge on any atom is 0.136 e. The molecule has 3 aromatic rings. The molecule has 4 nitrogen and oxygen atoms in total. The summed E-state index contributed by atoms with van der Waals surface area (Å²) in [5, 5.41) is 4.60. The van der Waals surface area contributed by atoms with E-state index in [2.05, 4.69) is 78.6 Å². The smallest absolute Gasteiger partial charge is 0.136 e. The molecule has 1 aliphatic rings. The molecule has 1 atom stereocenters. The first-order valence-corrected chi connectivity index (χ1v) is 9.27. The van der Waals surface area contributed by atoms with Crippen molar-refractivity contribution in [3.8, 4) is 5.75 Å². The van der Waals surface area contributed by atoms with Crippen molar-refractivity contribution in [1.82, 2.24) is 14.7 Å². The fourth-order valence-corrected chi connectivity index (χ4v) is 3.56. The molecule has 0 bridgehead atoms. The Hall–Kier alpha value is -2.59. The minimum Gasteiger partial charge on any atom is -0.484 e. The van der Waals surface area contributed by atoms with Gasteiger partial charge in [-0.05, 0) is 25.5 Å². The molecule has 0 amide bonds. The predicted octanol–water partition coefficient (Wildman–Crippen LogP) is 4.35. The molecule has 0 fully saturated rings. The van der Waals surface area contributed by atoms with Crippen LogP contribution in [0, 0.1) is 6.92 Å². The molecule has 1 aromatic heterocycles. The van der Waals surface area contributed by atoms with Gasteiger partial charge in [-0.1, -0.05) is 48.5 Å². The van der Waals surface area contributed by atoms with Gasteiger partial charge in [0.2, 0.25) is 0 Å². The first-order chi connectivity index (χ1) is 12.7. The molecule has 2 aromatic carbocycles. The van der Waals surface area contributed by atoms with Crippen molar-refractivity contribution in [3.05, 3.63) is 83.2 Å². The number of benzene rings is 2. The summed E-state index contributed by atoms with van der Waals surface area (Å²) in [5.41, 5.74) is 4.86. The number of fused-ring (bicyclic) bond motifs is 1. The van der Waals surface area contributed by atoms with E-state index in [4.69, 9.17) is 4.74 Å². The van der Waals surface area contributed by atoms with E-state index in [-0.39, 0.29) is 6.10 Å². The molecule has 1 aliphatic heterocycles. The number of nitrogens with zero attached hydrogens (tertiary/aromatic N) is 3. The summed E-state index contributed by atoms with van der Waals surface area (Å²) in [7, 11) is 0. The Morgan fingerprint density at radius 2 is 1.85 bits per heavy atom. The summed E-state index contributed by atoms with van der Waals surface area (Å²) in [4.78, 5) is 2.47. The van der Waals surface area contributed by atoms with Gasteiger partial charge in [0.15, 0.2) is 0 Å². The lowest BCUT2D eigenvalue weighted by Gasteiger charge is -2.24. The third-order valence-electron chi connectivity index (χ3n) is 5.00. The first kappa shape index (κ1) is 16.9. The van der Waals surface area contributed by atoms with Crippen molar-refractivity contribution in [3.63, 3.8) is 0 Å². The Morgan fingerprint density at radius 3 is 2.62 bits per heavy atom. The molecule has 0 spiro atoms. The zero-order chi connectivity index (χ0) is 17.9. The number of aryl methyl sites for hydroxylation is 2. The van der Waals surface area contributed by atoms with E-state index in [1.54, 1.807) is 0 Å². The Bertz CT molecular complexity index is 872. The SMILES string of the molecule is CCn1cc(CN2Cc3ccccc3OC(c3ccccc3)C2)c(C)n1. The minimum absolute atomic E-state index is 0.0291. The second-order valence-electron chi connectivity index (χ2n) is 6.89. The van der Waals surface area contributed by atoms with E-state index < -0.39 is 0 Å². The number of para-hydroxylation sites is 1. The molecule has 0 saturated heterocycles. The molecule has 1 unspecified atom stereocenters. The summed E-state index contributed by atoms with van der Waals surface area (Å²) >= 11 is 0. The zero-order valence-electron chi connectivity index (χ0n) is 15.4. The van der Waals surface area contributed by atoms with Crippen molar-refractivity contribution in [1.29, 1.82) is 0 Å². The Labute approximate surface area is 155 Å². The highest BCUT2D eigenvalue weighted by molar-refractivity contribution is 5.35. The normalized spacial score (nSPS) is 17.4. The monoisotopic (exact) mass is 347 g/mol. The van der Waals surface area contributed by atoms with Crippen molar-refractivity contribution in [2.75, 3.05) is 6.54 Å². The molecular weight excluding hydrogens is 322 g/mol. The second-order valence-corrected chi connectivity index (χ2v) is 6.89. The average Bonchev–Trinajstić information content (AvgIpc) is 2.92. The Kier molecular flexibility index (Phi) is 4.76. The number of hydrogen-bond donors (Lipinski definition) is 0. The average molecular weight is 347 g/mol. The lowest BCUT2D eigenvalue weighted by Crippen LogP contribution is -2.28. The van der Waals surface area contributed by atoms with Crippen LogP contribution in [0.4, 0.5) is 0 Å². The van der Waals surface area contributed by atoms with Crippen LogP contribution in [-0.2, 0) is 19.6 Å². The Morgan fingerprint density at radius 1 is 1.08 bits per heavy atom. The van der Waals surface area contributed by atoms with Gasteiger partial charge in [0, 0.05) is 43.5 Å². The molecule has 26 heavy (non-hydrogen) atoms. The fourth-order valence-electron chi connectivity index (χ4n) is 3.56. The summed E-state index contributed by atoms with van der Waals surface area (Å²) in [5.74, 6) is 0.991. The fraction of sp³-hybridized carbons (Fsp3) is 0.318. The van der Waals surface area contributed by atoms with Gasteiger partial charge in [-0.2, -0.15) is 5.10 Å². The van der Waals surface area contributed by atoms with Gasteiger partial charge in [0.25, 0.3) is 0 Å². The molecule has 4 heteroatoms. The van der Waals surface area contributed by atoms with Gasteiger partial charge < -0.3 is 4.74 Å². The van der Waals surface area contributed by atoms with Crippen molar-refractivity contribution < 1.29 is 4.74 Å². The topological polar surface area (TPSA) is 30.3 Å². The van der Waals surface area contributed by atoms with E-state index in [1.165, 1.54) is 16.7 Å². The van der Waals surface area contributed by atoms with E-state index in [1.807, 2.05) is 10.7 Å². The van der Waals surface area contributed by atoms with Crippen LogP contribution in [0.1, 0.15) is 35.4 Å². The third kappa shape index (κ3) is 3.51. The van der Waals surface area contributed by atoms with Crippen LogP contribution < -0.4 is 4.74 Å². The van der Waals surface area contributed by atoms with Crippen LogP contribution in [0.2, 0.25) is 0 Å². The predicted molar refractivity (Wildman–Crippen MR) is 103 cm³/mol. The van der Waals surface area contributed by atoms with E-state index in [9.17, 15) is 0 Å². The molecule has 0 aliphatic carbocycles. The second kappa shape index (κ2) is 7.34. The third-order valence-corrected chi connectivity index (χ3v) is 5.00. The maximum atomic E-state index is 6.41. The molecule has 2 heterocycles. The largest absolute Gasteiger partial charge is 0.484 e. The van der Waals surface area contributed by atoms with Gasteiger partial charge in [-0.3, -0.25) is 9.58 Å². The van der Waals surface area contributed by atoms with Crippen molar-refractivity contribution in [2.45, 2.75) is 39.6 Å². The number of ether oxygens (including phenoxy) is 1. The highest BCUT2D eigenvalue weighted by Crippen LogP contribution is 2.31. The summed E-state index contributed by atoms with van der Waals surface area (Å²) in [6, 6.07) is 18.9. The van der Waals surface area contributed by atoms with E-state index in [0.717, 1.165) is 37.6 Å². The van der Waals surface area contributed by atoms with Crippen molar-refractivity contribution in [2.24, 2.45) is 0 Å². The summed E-state index contributed by atoms with van der Waals surface area (Å²) in [6.45, 7) is 7.74. The van der Waals surface area contributed by atoms with Crippen molar-refractivity contribution >= 4 is 0 Å². The van der Waals surface area contributed by atoms with Crippen LogP contribution in [0.5, 0.6) is 5.75 Å². The maximum absolute atomic E-state index is 6.41. The molecule has 4 rings (SSSR count). The van der Waals surface area contributed by atoms with E-state index in [0.29, 0.717) is 0 Å². The quantitative estimate of drug-likeness (QED) is 0.703. The molecule has 0 saturated carbocycles. The molecule has 0 radical (unpaired) electrons. The van der Waals surface area contributed by atoms with Gasteiger partial charge in [-0.25, -0.2) is 0 Å². The molecular formula is C22H25N3O. The van der Waals surface area contributed by atoms with Gasteiger partial charge in [0.1, 0.15) is 11.9 Å². The molecule has 0 N–H and O–H groups in total. The Balaban J connectivity index is 1.64. The summed E-state index contributed by atoms with van der Waals surface area (Å²) < 4.78 is 8.42. The van der Waals surface area contributed by atoms with Crippen LogP contribution in [0.3, 0.4) is 0 Å². The number of hydrogen-bond acceptors (Lipinski definition) is 3. The standard InChI is InChI=1S/C22H25N3O/c1-3-25-15-20(17(2)23-25)14-24-13-19-11-7-8-12-21(19)26-22(16-24)18-9-5-4-6-10-18/h4-12,15,22H,3,13-14,16H2,1-2H3. The molecule has 134 valence electrons. The zero-order valence-corrected chi connectivity index (χ0v) is 15.4. The lowest BCUT2D eigenvalue weighted by molar-refractivity contribution is 0.144. The highest BCUT2D eigenvalue weighted by atomic mass is 16.5. The number of aromatic nitrogens is 2. The van der Waals surface area contributed by atoms with Gasteiger partial charge in [0.05, 0.1) is 5.69 Å². The summed E-state index contributed by atoms with van der Waals surface area (Å²) in [6.07, 6.45) is 2.20. The lowest BCUT2D eigenvalue weighted by atomic mass is 10.1. The van der Waals surface area contributed by atoms with Gasteiger partial charge in [-0.15, -0.1) is 0 Å². The van der Waals surface area contributed by atoms with Crippen LogP contribution in [0.15, 0.2) is 60.8 Å². The first-order valence-electron chi connectivity index (χ1n) is 9.27. The number of rotatable bonds is 4. The van der Waals surface area contributed by atoms with Crippen LogP contribution >= 0.6 is 0 Å². The van der Waals surface area contributed by atoms with Gasteiger partial charge >= 0.3 is 0 Å². The minimum atomic E-state index is 0.0291. The van der Waals surface area contributed by atoms with Crippen LogP contribution in [0.25, 0.3) is 0 Å². The van der Waals surface area contributed by atoms with Crippen LogP contribution in [-0.4, -0.2) is 21.2 Å². The van der Waals surface area contributed by atoms with E-state index >= 15 is 0 Å². The highest BCUT2D eigenvalue weighted by Gasteiger charge is 2.24.